The van der Waals surface area contributed by atoms with Crippen molar-refractivity contribution >= 4 is 34.8 Å². The van der Waals surface area contributed by atoms with Crippen LogP contribution in [0.15, 0.2) is 212 Å². The molecule has 0 amide bonds. The zero-order valence-electron chi connectivity index (χ0n) is 89.2. The second-order valence-electron chi connectivity index (χ2n) is 47.9. The first kappa shape index (κ1) is 99.0. The SMILES string of the molecule is Cc1cc2cc(C)c1-c1cc(cc(C(C)(C)C)c1)-c1cc3cc(c1)-c1cc(cc(C(C)(C)C)c1)-c1c(C)c(Cl)c(C)c(c1O)-c1cc(C)c(c(C)c1)-c1cc(cc(C(C)(C)C)c1)-c1cc(cc(c1)-c1cc(cc(C(C)(C)C)c1)-c1c(C)cc(cc1C)-c1c(C)c(Cl)c(C)c(c1O)-c1cc(C)c(c(C)c1)-c1cc-3cc(C(C)(C)C)c1)-c1cc(cc(C(C)(C)C)c1)-c1c(C)cc(cc1C)-c1c(C)c(Cl)cc-2c1O. The van der Waals surface area contributed by atoms with Crippen LogP contribution < -0.4 is 0 Å². The fourth-order valence-corrected chi connectivity index (χ4v) is 23.6. The van der Waals surface area contributed by atoms with Gasteiger partial charge in [0.25, 0.3) is 0 Å². The molecule has 34 bridgehead atoms. The van der Waals surface area contributed by atoms with Crippen LogP contribution in [0.1, 0.15) is 241 Å². The van der Waals surface area contributed by atoms with Gasteiger partial charge in [0.05, 0.1) is 0 Å². The number of aryl methyl sites for hydroxylation is 10. The Bertz CT molecular complexity index is 7880. The first-order valence-corrected chi connectivity index (χ1v) is 51.3. The second-order valence-corrected chi connectivity index (χ2v) is 49.1. The van der Waals surface area contributed by atoms with E-state index >= 15 is 0 Å². The van der Waals surface area contributed by atoms with Crippen LogP contribution in [0.4, 0.5) is 0 Å². The summed E-state index contributed by atoms with van der Waals surface area (Å²) in [6.07, 6.45) is 0. The molecule has 16 aromatic carbocycles. The summed E-state index contributed by atoms with van der Waals surface area (Å²) in [6.45, 7) is 74.0. The predicted octanol–water partition coefficient (Wildman–Crippen LogP) is 40.1. The molecule has 3 nitrogen and oxygen atoms in total. The lowest BCUT2D eigenvalue weighted by Crippen LogP contribution is -2.12. The monoisotopic (exact) mass is 1910 g/mol. The molecule has 0 aliphatic heterocycles. The van der Waals surface area contributed by atoms with Gasteiger partial charge in [-0.2, -0.15) is 0 Å². The van der Waals surface area contributed by atoms with Crippen LogP contribution in [-0.4, -0.2) is 15.3 Å². The Hall–Kier alpha value is -12.2. The molecule has 0 fully saturated rings. The van der Waals surface area contributed by atoms with E-state index in [9.17, 15) is 15.3 Å². The van der Waals surface area contributed by atoms with E-state index in [1.807, 2.05) is 19.9 Å². The third kappa shape index (κ3) is 17.9. The highest BCUT2D eigenvalue weighted by molar-refractivity contribution is 6.34. The molecule has 716 valence electrons. The summed E-state index contributed by atoms with van der Waals surface area (Å²) in [6, 6.07) is 82.0. The Labute approximate surface area is 855 Å². The minimum Gasteiger partial charge on any atom is -0.507 e. The van der Waals surface area contributed by atoms with Gasteiger partial charge in [0, 0.05) is 48.4 Å². The Morgan fingerprint density at radius 2 is 0.284 bits per heavy atom. The fraction of sp³-hybridized carbons (Fsp3) is 0.289. The smallest absolute Gasteiger partial charge is 0.131 e. The van der Waals surface area contributed by atoms with Crippen molar-refractivity contribution in [2.45, 2.75) is 261 Å². The summed E-state index contributed by atoms with van der Waals surface area (Å²) in [5, 5.41) is 42.6. The van der Waals surface area contributed by atoms with Gasteiger partial charge in [-0.05, 0) is 488 Å². The Morgan fingerprint density at radius 3 is 0.461 bits per heavy atom. The van der Waals surface area contributed by atoms with E-state index in [-0.39, 0.29) is 49.7 Å². The van der Waals surface area contributed by atoms with Crippen molar-refractivity contribution in [1.29, 1.82) is 0 Å². The van der Waals surface area contributed by atoms with E-state index in [1.165, 1.54) is 27.8 Å². The average Bonchev–Trinajstić information content (AvgIpc) is 0.743. The molecule has 0 atom stereocenters. The molecule has 3 N–H and O–H groups in total. The van der Waals surface area contributed by atoms with Gasteiger partial charge in [-0.25, -0.2) is 0 Å². The number of aromatic hydroxyl groups is 3. The third-order valence-electron chi connectivity index (χ3n) is 30.8. The highest BCUT2D eigenvalue weighted by Gasteiger charge is 2.34. The molecular weight excluding hydrogens is 1780 g/mol. The summed E-state index contributed by atoms with van der Waals surface area (Å²) < 4.78 is 0. The molecule has 16 aromatic rings. The molecule has 141 heavy (non-hydrogen) atoms. The molecule has 0 aromatic heterocycles. The minimum absolute atomic E-state index is 0.178. The van der Waals surface area contributed by atoms with Crippen LogP contribution in [0.25, 0.3) is 189 Å². The van der Waals surface area contributed by atoms with Crippen LogP contribution in [-0.2, 0) is 32.5 Å². The summed E-state index contributed by atoms with van der Waals surface area (Å²) >= 11 is 23.3. The molecule has 0 heterocycles. The Morgan fingerprint density at radius 1 is 0.149 bits per heavy atom. The average molecular weight is 1910 g/mol. The standard InChI is InChI=1S/C135H137Cl3O3/c1-69-34-96-35-70(2)115(69)101-50-90(56-107(62-101)130(16,17)18)87-47-88-49-89(48-87)95-55-106(67-112(61-95)135(31,32)33)124-83(15)126(138)82(14)123(129(124)141)100-42-77(9)119(78(10)43-100)104-53-93(59-110(65-104)133(25,26)27)86-45-84(91-51-102(63-108(57-91)131(19,20)21)116-71(3)36-97(37-72(116)4)120-79(11)114(136)68-113(96)127(120)139)44-85(46-86)92-52-103(64-109(58-92)132(22,23)24)117-73(5)38-98(39-74(117)6)121-80(12)125(137)81(13)122(128(121)140)99-40-75(7)118(76(8)41-99)105-54-94(88)60-111(66-105)134(28,29)30/h34-68,139-141H,1-33H3. The highest BCUT2D eigenvalue weighted by Crippen LogP contribution is 2.56. The van der Waals surface area contributed by atoms with Crippen molar-refractivity contribution in [3.05, 3.63) is 344 Å². The van der Waals surface area contributed by atoms with Crippen LogP contribution in [0, 0.1) is 104 Å². The van der Waals surface area contributed by atoms with Crippen molar-refractivity contribution in [1.82, 2.24) is 0 Å². The molecule has 0 radical (unpaired) electrons. The molecule has 0 spiro atoms. The number of benzene rings is 16. The van der Waals surface area contributed by atoms with Crippen molar-refractivity contribution in [3.8, 4) is 206 Å². The molecule has 0 saturated carbocycles. The maximum absolute atomic E-state index is 13.9. The molecule has 6 heteroatoms. The first-order chi connectivity index (χ1) is 65.8. The molecule has 0 unspecified atom stereocenters. The van der Waals surface area contributed by atoms with E-state index in [0.717, 1.165) is 245 Å². The van der Waals surface area contributed by atoms with Crippen LogP contribution in [0.3, 0.4) is 0 Å². The molecule has 10 aliphatic carbocycles. The largest absolute Gasteiger partial charge is 0.507 e. The minimum atomic E-state index is -0.369. The van der Waals surface area contributed by atoms with Gasteiger partial charge in [0.1, 0.15) is 17.2 Å². The predicted molar refractivity (Wildman–Crippen MR) is 609 cm³/mol. The summed E-state index contributed by atoms with van der Waals surface area (Å²) in [4.78, 5) is 0. The number of fused-ring (bicyclic) bond motifs is 2. The maximum Gasteiger partial charge on any atom is 0.131 e. The van der Waals surface area contributed by atoms with E-state index in [1.54, 1.807) is 0 Å². The number of rotatable bonds is 0. The summed E-state index contributed by atoms with van der Waals surface area (Å²) in [5.74, 6) is 0.556. The van der Waals surface area contributed by atoms with Crippen molar-refractivity contribution < 1.29 is 15.3 Å². The number of halogens is 3. The van der Waals surface area contributed by atoms with E-state index in [4.69, 9.17) is 34.8 Å². The summed E-state index contributed by atoms with van der Waals surface area (Å²) in [7, 11) is 0. The lowest BCUT2D eigenvalue weighted by molar-refractivity contribution is 0.478. The molecule has 10 aliphatic rings. The number of phenols is 3. The van der Waals surface area contributed by atoms with Gasteiger partial charge >= 0.3 is 0 Å². The van der Waals surface area contributed by atoms with Gasteiger partial charge in [0.15, 0.2) is 0 Å². The number of hydrogen-bond acceptors (Lipinski definition) is 3. The lowest BCUT2D eigenvalue weighted by Gasteiger charge is -2.26. The Balaban J connectivity index is 1.01. The first-order valence-electron chi connectivity index (χ1n) is 50.2. The fourth-order valence-electron chi connectivity index (χ4n) is 23.0. The van der Waals surface area contributed by atoms with Crippen LogP contribution in [0.5, 0.6) is 17.2 Å². The Kier molecular flexibility index (Phi) is 24.7. The quantitative estimate of drug-likeness (QED) is 0.142. The molecule has 26 rings (SSSR count). The van der Waals surface area contributed by atoms with Gasteiger partial charge in [-0.3, -0.25) is 0 Å². The second kappa shape index (κ2) is 35.1. The maximum atomic E-state index is 13.9. The van der Waals surface area contributed by atoms with E-state index in [0.29, 0.717) is 48.4 Å². The van der Waals surface area contributed by atoms with Gasteiger partial charge < -0.3 is 15.3 Å². The lowest BCUT2D eigenvalue weighted by atomic mass is 9.79. The van der Waals surface area contributed by atoms with E-state index in [2.05, 4.69) is 421 Å². The normalized spacial score (nSPS) is 12.6. The summed E-state index contributed by atoms with van der Waals surface area (Å²) in [5.41, 5.74) is 53.1. The van der Waals surface area contributed by atoms with Gasteiger partial charge in [-0.15, -0.1) is 0 Å². The topological polar surface area (TPSA) is 60.7 Å². The molecular formula is C135H137Cl3O3. The van der Waals surface area contributed by atoms with Crippen molar-refractivity contribution in [3.63, 3.8) is 0 Å². The number of hydrogen-bond donors (Lipinski definition) is 3. The third-order valence-corrected chi connectivity index (χ3v) is 32.3. The van der Waals surface area contributed by atoms with Crippen LogP contribution >= 0.6 is 34.8 Å². The van der Waals surface area contributed by atoms with Crippen LogP contribution in [0.2, 0.25) is 15.1 Å². The molecule has 0 saturated heterocycles. The van der Waals surface area contributed by atoms with Crippen molar-refractivity contribution in [2.24, 2.45) is 0 Å². The number of phenolic OH excluding ortho intramolecular Hbond substituents is 3. The van der Waals surface area contributed by atoms with Gasteiger partial charge in [-0.1, -0.05) is 293 Å². The van der Waals surface area contributed by atoms with Crippen molar-refractivity contribution in [2.75, 3.05) is 0 Å². The zero-order chi connectivity index (χ0) is 102. The van der Waals surface area contributed by atoms with Gasteiger partial charge in [0.2, 0.25) is 0 Å². The van der Waals surface area contributed by atoms with E-state index < -0.39 is 0 Å². The highest BCUT2D eigenvalue weighted by atomic mass is 35.5. The zero-order valence-corrected chi connectivity index (χ0v) is 91.5.